The van der Waals surface area contributed by atoms with Crippen LogP contribution in [0.25, 0.3) is 10.9 Å². The summed E-state index contributed by atoms with van der Waals surface area (Å²) < 4.78 is 14.0. The molecule has 4 N–H and O–H groups in total. The number of nitrogens with one attached hydrogen (secondary N) is 4. The quantitative estimate of drug-likeness (QED) is 0.120. The normalized spacial score (nSPS) is 15.7. The summed E-state index contributed by atoms with van der Waals surface area (Å²) in [4.78, 5) is 8.60. The minimum Gasteiger partial charge on any atom is -0.377 e. The van der Waals surface area contributed by atoms with E-state index in [2.05, 4.69) is 48.6 Å². The zero-order valence-electron chi connectivity index (χ0n) is 23.5. The Bertz CT molecular complexity index is 1770. The van der Waals surface area contributed by atoms with Crippen LogP contribution in [-0.2, 0) is 0 Å². The fourth-order valence-electron chi connectivity index (χ4n) is 5.37. The van der Waals surface area contributed by atoms with E-state index in [-0.39, 0.29) is 6.04 Å². The van der Waals surface area contributed by atoms with E-state index in [9.17, 15) is 9.65 Å². The highest BCUT2D eigenvalue weighted by Crippen LogP contribution is 2.38. The molecule has 0 bridgehead atoms. The smallest absolute Gasteiger partial charge is 0.213 e. The lowest BCUT2D eigenvalue weighted by Gasteiger charge is -2.24. The molecule has 2 atom stereocenters. The van der Waals surface area contributed by atoms with Crippen molar-refractivity contribution in [1.82, 2.24) is 25.9 Å². The van der Waals surface area contributed by atoms with Crippen LogP contribution in [0.3, 0.4) is 0 Å². The fourth-order valence-corrected chi connectivity index (χ4v) is 5.64. The average molecular weight is 593 g/mol. The number of benzene rings is 2. The third-order valence-corrected chi connectivity index (χ3v) is 8.00. The molecule has 1 fully saturated rings. The molecule has 6 rings (SSSR count). The number of halogens is 2. The van der Waals surface area contributed by atoms with Crippen molar-refractivity contribution >= 4 is 33.9 Å². The summed E-state index contributed by atoms with van der Waals surface area (Å²) in [6, 6.07) is 19.0. The number of nitriles is 1. The van der Waals surface area contributed by atoms with Gasteiger partial charge in [-0.2, -0.15) is 9.65 Å². The first-order valence-corrected chi connectivity index (χ1v) is 14.5. The molecule has 1 aliphatic heterocycles. The molecule has 4 aromatic rings. The van der Waals surface area contributed by atoms with E-state index < -0.39 is 12.0 Å². The van der Waals surface area contributed by atoms with Crippen molar-refractivity contribution in [2.75, 3.05) is 10.6 Å². The van der Waals surface area contributed by atoms with E-state index in [1.807, 2.05) is 42.6 Å². The molecule has 2 aromatic heterocycles. The van der Waals surface area contributed by atoms with Gasteiger partial charge in [-0.25, -0.2) is 4.98 Å². The predicted octanol–water partition coefficient (Wildman–Crippen LogP) is 6.65. The van der Waals surface area contributed by atoms with E-state index in [0.29, 0.717) is 57.4 Å². The van der Waals surface area contributed by atoms with Crippen LogP contribution in [0.2, 0.25) is 5.02 Å². The minimum absolute atomic E-state index is 0.140. The van der Waals surface area contributed by atoms with Crippen LogP contribution in [0, 0.1) is 36.5 Å². The van der Waals surface area contributed by atoms with Crippen LogP contribution in [0.4, 0.5) is 15.8 Å². The monoisotopic (exact) mass is 592 g/mol. The topological polar surface area (TPSA) is 101 Å². The molecule has 8 nitrogen and oxygen atoms in total. The van der Waals surface area contributed by atoms with Gasteiger partial charge in [0.15, 0.2) is 0 Å². The van der Waals surface area contributed by atoms with E-state index >= 15 is 0 Å². The number of terminal acetylenes is 1. The molecule has 43 heavy (non-hydrogen) atoms. The number of aromatic nitrogens is 2. The number of hydrogen-bond acceptors (Lipinski definition) is 8. The molecule has 0 saturated heterocycles. The Kier molecular flexibility index (Phi) is 8.02. The number of pyridine rings is 2. The second kappa shape index (κ2) is 12.2. The Balaban J connectivity index is 1.42. The molecule has 10 heteroatoms. The van der Waals surface area contributed by atoms with Crippen LogP contribution < -0.4 is 21.6 Å². The van der Waals surface area contributed by atoms with Gasteiger partial charge in [0.2, 0.25) is 5.95 Å². The van der Waals surface area contributed by atoms with E-state index in [0.717, 1.165) is 29.7 Å². The van der Waals surface area contributed by atoms with E-state index in [4.69, 9.17) is 18.0 Å². The molecule has 2 aliphatic rings. The van der Waals surface area contributed by atoms with Crippen molar-refractivity contribution in [2.45, 2.75) is 50.7 Å². The van der Waals surface area contributed by atoms with Crippen molar-refractivity contribution in [3.05, 3.63) is 106 Å². The van der Waals surface area contributed by atoms with Gasteiger partial charge >= 0.3 is 0 Å². The van der Waals surface area contributed by atoms with Gasteiger partial charge in [0, 0.05) is 47.2 Å². The number of anilines is 2. The van der Waals surface area contributed by atoms with Crippen molar-refractivity contribution in [1.29, 1.82) is 5.26 Å². The highest BCUT2D eigenvalue weighted by molar-refractivity contribution is 6.35. The molecule has 1 aliphatic carbocycles. The third kappa shape index (κ3) is 6.05. The van der Waals surface area contributed by atoms with Crippen LogP contribution >= 0.6 is 11.6 Å². The zero-order chi connectivity index (χ0) is 29.9. The number of hydrogen-bond donors (Lipinski definition) is 4. The first-order chi connectivity index (χ1) is 20.9. The molecule has 0 radical (unpaired) electrons. The number of aryl methyl sites for hydroxylation is 1. The largest absolute Gasteiger partial charge is 0.377 e. The maximum Gasteiger partial charge on any atom is 0.213 e. The van der Waals surface area contributed by atoms with Gasteiger partial charge in [0.1, 0.15) is 6.07 Å². The molecule has 2 aromatic carbocycles. The number of rotatable bonds is 10. The summed E-state index contributed by atoms with van der Waals surface area (Å²) >= 11 is 6.83. The maximum atomic E-state index is 14.0. The van der Waals surface area contributed by atoms with Crippen molar-refractivity contribution in [2.24, 2.45) is 0 Å². The summed E-state index contributed by atoms with van der Waals surface area (Å²) in [6.07, 6.45) is 12.6. The molecule has 216 valence electrons. The Morgan fingerprint density at radius 1 is 1.19 bits per heavy atom. The first-order valence-electron chi connectivity index (χ1n) is 14.1. The lowest BCUT2D eigenvalue weighted by molar-refractivity contribution is 0.260. The first kappa shape index (κ1) is 28.3. The second-order valence-electron chi connectivity index (χ2n) is 10.7. The predicted molar refractivity (Wildman–Crippen MR) is 167 cm³/mol. The van der Waals surface area contributed by atoms with Crippen molar-refractivity contribution in [3.63, 3.8) is 0 Å². The fraction of sp³-hybridized carbons (Fsp3) is 0.242. The molecule has 0 amide bonds. The Morgan fingerprint density at radius 3 is 2.72 bits per heavy atom. The zero-order valence-corrected chi connectivity index (χ0v) is 24.3. The van der Waals surface area contributed by atoms with Gasteiger partial charge in [-0.3, -0.25) is 9.99 Å². The van der Waals surface area contributed by atoms with Gasteiger partial charge < -0.3 is 16.1 Å². The average Bonchev–Trinajstić information content (AvgIpc) is 3.75. The van der Waals surface area contributed by atoms with Gasteiger partial charge in [-0.15, -0.1) is 17.9 Å². The van der Waals surface area contributed by atoms with Gasteiger partial charge in [-0.1, -0.05) is 48.0 Å². The van der Waals surface area contributed by atoms with Gasteiger partial charge in [0.25, 0.3) is 0 Å². The standard InChI is InChI=1S/C33H30ClFN8/c1-3-4-10-28(21-8-6-5-7-9-21)40-31-22(17-36)18-37-32-26(31)15-23(16-27(32)34)39-33(25-13-14-30(35)38-20(25)2)29-19-43(42-41-29)24-11-12-24/h1,5-9,13-16,18-19,24,28,33,39,41-42H,4,10-12H2,2H3,(H,37,40)/t28-,33?/m1/s1. The van der Waals surface area contributed by atoms with E-state index in [1.165, 1.54) is 12.3 Å². The number of hydrazine groups is 2. The Morgan fingerprint density at radius 2 is 2.00 bits per heavy atom. The highest BCUT2D eigenvalue weighted by atomic mass is 35.5. The molecular formula is C33H30ClFN8. The van der Waals surface area contributed by atoms with Crippen molar-refractivity contribution < 1.29 is 4.39 Å². The summed E-state index contributed by atoms with van der Waals surface area (Å²) in [5, 5.41) is 20.4. The Labute approximate surface area is 254 Å². The lowest BCUT2D eigenvalue weighted by Crippen LogP contribution is -2.38. The highest BCUT2D eigenvalue weighted by Gasteiger charge is 2.33. The summed E-state index contributed by atoms with van der Waals surface area (Å²) in [6.45, 7) is 1.78. The SMILES string of the molecule is C#CCC[C@@H](Nc1c(C#N)cnc2c(Cl)cc(NC(C3=CN(C4CC4)NN3)c3ccc(F)nc3C)cc12)c1ccccc1. The molecule has 1 unspecified atom stereocenters. The van der Waals surface area contributed by atoms with Crippen LogP contribution in [0.5, 0.6) is 0 Å². The molecule has 1 saturated carbocycles. The molecule has 0 spiro atoms. The van der Waals surface area contributed by atoms with Gasteiger partial charge in [-0.05, 0) is 49.9 Å². The Hall–Kier alpha value is -4.83. The number of fused-ring (bicyclic) bond motifs is 1. The second-order valence-corrected chi connectivity index (χ2v) is 11.1. The molecular weight excluding hydrogens is 563 g/mol. The maximum absolute atomic E-state index is 14.0. The molecule has 3 heterocycles. The van der Waals surface area contributed by atoms with Crippen molar-refractivity contribution in [3.8, 4) is 18.4 Å². The van der Waals surface area contributed by atoms with Crippen LogP contribution in [-0.4, -0.2) is 21.0 Å². The summed E-state index contributed by atoms with van der Waals surface area (Å²) in [5.41, 5.74) is 12.0. The van der Waals surface area contributed by atoms with Gasteiger partial charge in [0.05, 0.1) is 39.6 Å². The van der Waals surface area contributed by atoms with E-state index in [1.54, 1.807) is 19.1 Å². The minimum atomic E-state index is -0.538. The summed E-state index contributed by atoms with van der Waals surface area (Å²) in [7, 11) is 0. The lowest BCUT2D eigenvalue weighted by atomic mass is 9.99. The summed E-state index contributed by atoms with van der Waals surface area (Å²) in [5.74, 6) is 2.19. The third-order valence-electron chi connectivity index (χ3n) is 7.72. The van der Waals surface area contributed by atoms with Crippen LogP contribution in [0.15, 0.2) is 72.7 Å². The number of nitrogens with zero attached hydrogens (tertiary/aromatic N) is 4. The van der Waals surface area contributed by atoms with Crippen LogP contribution in [0.1, 0.15) is 60.2 Å².